The molecule has 0 spiro atoms. The molecule has 2 N–H and O–H groups in total. The number of esters is 1. The summed E-state index contributed by atoms with van der Waals surface area (Å²) < 4.78 is 10.3. The number of halogens is 1. The van der Waals surface area contributed by atoms with Crippen LogP contribution in [-0.4, -0.2) is 13.1 Å². The number of anilines is 1. The molecule has 0 radical (unpaired) electrons. The molecule has 0 aliphatic rings. The molecule has 5 heteroatoms. The van der Waals surface area contributed by atoms with Crippen LogP contribution in [0.5, 0.6) is 5.75 Å². The van der Waals surface area contributed by atoms with Gasteiger partial charge < -0.3 is 15.2 Å². The molecule has 20 heavy (non-hydrogen) atoms. The van der Waals surface area contributed by atoms with E-state index < -0.39 is 0 Å². The molecule has 0 unspecified atom stereocenters. The van der Waals surface area contributed by atoms with Crippen LogP contribution in [0.4, 0.5) is 5.69 Å². The topological polar surface area (TPSA) is 61.5 Å². The van der Waals surface area contributed by atoms with Crippen LogP contribution in [0.3, 0.4) is 0 Å². The van der Waals surface area contributed by atoms with Crippen LogP contribution >= 0.6 is 11.6 Å². The maximum absolute atomic E-state index is 11.4. The molecular formula is C15H14ClNO3. The van der Waals surface area contributed by atoms with Crippen molar-refractivity contribution in [2.45, 2.75) is 6.61 Å². The molecule has 0 aliphatic heterocycles. The van der Waals surface area contributed by atoms with Gasteiger partial charge in [-0.15, -0.1) is 0 Å². The average molecular weight is 292 g/mol. The van der Waals surface area contributed by atoms with Crippen molar-refractivity contribution in [3.05, 3.63) is 58.6 Å². The molecule has 0 aliphatic carbocycles. The number of ether oxygens (including phenoxy) is 2. The van der Waals surface area contributed by atoms with E-state index in [0.29, 0.717) is 28.6 Å². The van der Waals surface area contributed by atoms with E-state index in [9.17, 15) is 4.79 Å². The maximum Gasteiger partial charge on any atom is 0.337 e. The van der Waals surface area contributed by atoms with Crippen LogP contribution < -0.4 is 10.5 Å². The lowest BCUT2D eigenvalue weighted by atomic mass is 10.1. The predicted molar refractivity (Wildman–Crippen MR) is 78.0 cm³/mol. The number of hydrogen-bond acceptors (Lipinski definition) is 4. The van der Waals surface area contributed by atoms with Crippen molar-refractivity contribution in [2.24, 2.45) is 0 Å². The molecular weight excluding hydrogens is 278 g/mol. The number of nitrogens with two attached hydrogens (primary N) is 1. The van der Waals surface area contributed by atoms with Gasteiger partial charge >= 0.3 is 5.97 Å². The second-order valence-electron chi connectivity index (χ2n) is 4.16. The molecule has 2 aromatic carbocycles. The fourth-order valence-electron chi connectivity index (χ4n) is 1.72. The Labute approximate surface area is 122 Å². The molecule has 0 bridgehead atoms. The Kier molecular flexibility index (Phi) is 4.48. The summed E-state index contributed by atoms with van der Waals surface area (Å²) in [6, 6.07) is 12.1. The summed E-state index contributed by atoms with van der Waals surface area (Å²) in [7, 11) is 1.35. The number of carbonyl (C=O) groups excluding carboxylic acids is 1. The van der Waals surface area contributed by atoms with E-state index in [2.05, 4.69) is 4.74 Å². The summed E-state index contributed by atoms with van der Waals surface area (Å²) in [6.07, 6.45) is 0. The van der Waals surface area contributed by atoms with Gasteiger partial charge in [0.25, 0.3) is 0 Å². The Morgan fingerprint density at radius 3 is 2.75 bits per heavy atom. The first-order valence-corrected chi connectivity index (χ1v) is 6.33. The lowest BCUT2D eigenvalue weighted by Gasteiger charge is -2.09. The molecule has 0 amide bonds. The maximum atomic E-state index is 11.4. The van der Waals surface area contributed by atoms with E-state index in [-0.39, 0.29) is 5.97 Å². The fourth-order valence-corrected chi connectivity index (χ4v) is 1.90. The van der Waals surface area contributed by atoms with E-state index >= 15 is 0 Å². The van der Waals surface area contributed by atoms with Gasteiger partial charge in [0.1, 0.15) is 12.4 Å². The van der Waals surface area contributed by atoms with Crippen LogP contribution in [-0.2, 0) is 11.3 Å². The molecule has 4 nitrogen and oxygen atoms in total. The Bertz CT molecular complexity index is 628. The molecule has 0 saturated carbocycles. The van der Waals surface area contributed by atoms with Crippen molar-refractivity contribution in [1.29, 1.82) is 0 Å². The van der Waals surface area contributed by atoms with Crippen LogP contribution in [0, 0.1) is 0 Å². The zero-order valence-electron chi connectivity index (χ0n) is 10.9. The summed E-state index contributed by atoms with van der Waals surface area (Å²) in [4.78, 5) is 11.4. The molecule has 104 valence electrons. The van der Waals surface area contributed by atoms with Gasteiger partial charge in [-0.3, -0.25) is 0 Å². The highest BCUT2D eigenvalue weighted by Crippen LogP contribution is 2.25. The minimum atomic E-state index is -0.377. The van der Waals surface area contributed by atoms with E-state index in [1.807, 2.05) is 6.07 Å². The number of methoxy groups -OCH3 is 1. The lowest BCUT2D eigenvalue weighted by Crippen LogP contribution is -2.03. The summed E-state index contributed by atoms with van der Waals surface area (Å²) >= 11 is 5.82. The molecule has 2 aromatic rings. The normalized spacial score (nSPS) is 10.1. The molecule has 2 rings (SSSR count). The van der Waals surface area contributed by atoms with Crippen molar-refractivity contribution >= 4 is 23.3 Å². The molecule has 0 heterocycles. The van der Waals surface area contributed by atoms with Crippen LogP contribution in [0.25, 0.3) is 0 Å². The Balaban J connectivity index is 2.09. The van der Waals surface area contributed by atoms with Crippen molar-refractivity contribution in [3.63, 3.8) is 0 Å². The number of carbonyl (C=O) groups is 1. The highest BCUT2D eigenvalue weighted by molar-refractivity contribution is 6.30. The van der Waals surface area contributed by atoms with Gasteiger partial charge in [0.15, 0.2) is 0 Å². The van der Waals surface area contributed by atoms with Crippen molar-refractivity contribution in [1.82, 2.24) is 0 Å². The third kappa shape index (κ3) is 3.42. The number of rotatable bonds is 4. The van der Waals surface area contributed by atoms with Gasteiger partial charge in [0.2, 0.25) is 0 Å². The van der Waals surface area contributed by atoms with E-state index in [1.165, 1.54) is 7.11 Å². The van der Waals surface area contributed by atoms with Gasteiger partial charge in [-0.2, -0.15) is 0 Å². The molecule has 0 atom stereocenters. The Morgan fingerprint density at radius 1 is 1.25 bits per heavy atom. The van der Waals surface area contributed by atoms with Crippen LogP contribution in [0.1, 0.15) is 15.9 Å². The second kappa shape index (κ2) is 6.30. The van der Waals surface area contributed by atoms with Crippen LogP contribution in [0.2, 0.25) is 5.02 Å². The van der Waals surface area contributed by atoms with Gasteiger partial charge in [-0.25, -0.2) is 4.79 Å². The SMILES string of the molecule is COC(=O)c1cccc(COc2ccc(Cl)cc2N)c1. The average Bonchev–Trinajstić information content (AvgIpc) is 2.46. The largest absolute Gasteiger partial charge is 0.487 e. The number of nitrogen functional groups attached to an aromatic ring is 1. The first kappa shape index (κ1) is 14.2. The monoisotopic (exact) mass is 291 g/mol. The lowest BCUT2D eigenvalue weighted by molar-refractivity contribution is 0.0600. The predicted octanol–water partition coefficient (Wildman–Crippen LogP) is 3.29. The highest BCUT2D eigenvalue weighted by Gasteiger charge is 2.07. The summed E-state index contributed by atoms with van der Waals surface area (Å²) in [5.41, 5.74) is 7.61. The van der Waals surface area contributed by atoms with Crippen molar-refractivity contribution < 1.29 is 14.3 Å². The number of benzene rings is 2. The standard InChI is InChI=1S/C15H14ClNO3/c1-19-15(18)11-4-2-3-10(7-11)9-20-14-6-5-12(16)8-13(14)17/h2-8H,9,17H2,1H3. The Morgan fingerprint density at radius 2 is 2.05 bits per heavy atom. The van der Waals surface area contributed by atoms with Crippen molar-refractivity contribution in [2.75, 3.05) is 12.8 Å². The molecule has 0 fully saturated rings. The van der Waals surface area contributed by atoms with E-state index in [4.69, 9.17) is 22.1 Å². The van der Waals surface area contributed by atoms with Crippen LogP contribution in [0.15, 0.2) is 42.5 Å². The molecule has 0 saturated heterocycles. The van der Waals surface area contributed by atoms with Crippen molar-refractivity contribution in [3.8, 4) is 5.75 Å². The third-order valence-corrected chi connectivity index (χ3v) is 2.95. The van der Waals surface area contributed by atoms with E-state index in [1.54, 1.807) is 36.4 Å². The fraction of sp³-hybridized carbons (Fsp3) is 0.133. The van der Waals surface area contributed by atoms with Gasteiger partial charge in [-0.1, -0.05) is 23.7 Å². The Hall–Kier alpha value is -2.20. The minimum Gasteiger partial charge on any atom is -0.487 e. The second-order valence-corrected chi connectivity index (χ2v) is 4.60. The summed E-state index contributed by atoms with van der Waals surface area (Å²) in [5.74, 6) is 0.177. The first-order valence-electron chi connectivity index (χ1n) is 5.95. The zero-order chi connectivity index (χ0) is 14.5. The highest BCUT2D eigenvalue weighted by atomic mass is 35.5. The summed E-state index contributed by atoms with van der Waals surface area (Å²) in [6.45, 7) is 0.302. The van der Waals surface area contributed by atoms with Gasteiger partial charge in [0, 0.05) is 5.02 Å². The zero-order valence-corrected chi connectivity index (χ0v) is 11.7. The molecule has 0 aromatic heterocycles. The smallest absolute Gasteiger partial charge is 0.337 e. The first-order chi connectivity index (χ1) is 9.60. The van der Waals surface area contributed by atoms with Gasteiger partial charge in [0.05, 0.1) is 18.4 Å². The minimum absolute atomic E-state index is 0.302. The quantitative estimate of drug-likeness (QED) is 0.693. The number of hydrogen-bond donors (Lipinski definition) is 1. The third-order valence-electron chi connectivity index (χ3n) is 2.71. The van der Waals surface area contributed by atoms with Gasteiger partial charge in [-0.05, 0) is 35.9 Å². The summed E-state index contributed by atoms with van der Waals surface area (Å²) in [5, 5.41) is 0.558. The van der Waals surface area contributed by atoms with E-state index in [0.717, 1.165) is 5.56 Å².